The molecule has 0 saturated heterocycles. The average molecular weight is 524 g/mol. The number of rotatable bonds is 5. The molecule has 6 nitrogen and oxygen atoms in total. The number of aryl methyl sites for hydroxylation is 1. The number of aromatic nitrogens is 3. The molecule has 5 aromatic rings. The highest BCUT2D eigenvalue weighted by Crippen LogP contribution is 2.31. The topological polar surface area (TPSA) is 73.0 Å². The molecule has 174 valence electrons. The molecule has 0 bridgehead atoms. The summed E-state index contributed by atoms with van der Waals surface area (Å²) in [6.45, 7) is 1.93. The molecule has 2 aromatic heterocycles. The number of nitrogens with one attached hydrogen (secondary N) is 1. The number of nitrogens with zero attached hydrogens (tertiary/aromatic N) is 3. The number of furan rings is 1. The molecule has 5 rings (SSSR count). The summed E-state index contributed by atoms with van der Waals surface area (Å²) in [7, 11) is 0. The smallest absolute Gasteiger partial charge is 0.248 e. The van der Waals surface area contributed by atoms with Gasteiger partial charge in [-0.05, 0) is 79.2 Å². The first-order chi connectivity index (χ1) is 16.9. The van der Waals surface area contributed by atoms with E-state index in [2.05, 4.69) is 15.5 Å². The zero-order valence-electron chi connectivity index (χ0n) is 18.3. The fourth-order valence-corrected chi connectivity index (χ4v) is 4.11. The van der Waals surface area contributed by atoms with E-state index < -0.39 is 0 Å². The normalized spacial score (nSPS) is 11.4. The lowest BCUT2D eigenvalue weighted by Gasteiger charge is -2.02. The van der Waals surface area contributed by atoms with Crippen LogP contribution in [0.4, 0.5) is 5.69 Å². The highest BCUT2D eigenvalue weighted by atomic mass is 35.5. The van der Waals surface area contributed by atoms with E-state index in [1.807, 2.05) is 25.1 Å². The second-order valence-corrected chi connectivity index (χ2v) is 9.03. The minimum atomic E-state index is -0.315. The zero-order chi connectivity index (χ0) is 24.5. The number of benzene rings is 3. The number of hydrogen-bond donors (Lipinski definition) is 1. The molecule has 0 radical (unpaired) electrons. The van der Waals surface area contributed by atoms with Crippen LogP contribution in [-0.2, 0) is 4.79 Å². The van der Waals surface area contributed by atoms with Crippen LogP contribution >= 0.6 is 34.8 Å². The highest BCUT2D eigenvalue weighted by molar-refractivity contribution is 6.36. The van der Waals surface area contributed by atoms with Crippen molar-refractivity contribution in [3.05, 3.63) is 99.2 Å². The molecule has 0 spiro atoms. The van der Waals surface area contributed by atoms with Crippen molar-refractivity contribution in [2.75, 3.05) is 5.32 Å². The number of fused-ring (bicyclic) bond motifs is 1. The summed E-state index contributed by atoms with van der Waals surface area (Å²) in [6, 6.07) is 19.6. The number of anilines is 1. The van der Waals surface area contributed by atoms with Crippen LogP contribution in [0.5, 0.6) is 0 Å². The molecule has 1 amide bonds. The molecule has 0 aliphatic heterocycles. The molecule has 3 aromatic carbocycles. The van der Waals surface area contributed by atoms with E-state index in [0.717, 1.165) is 16.8 Å². The third kappa shape index (κ3) is 5.10. The van der Waals surface area contributed by atoms with Gasteiger partial charge in [0.05, 0.1) is 10.7 Å². The van der Waals surface area contributed by atoms with Crippen molar-refractivity contribution in [2.24, 2.45) is 0 Å². The van der Waals surface area contributed by atoms with Gasteiger partial charge in [0, 0.05) is 27.4 Å². The third-order valence-electron chi connectivity index (χ3n) is 5.26. The lowest BCUT2D eigenvalue weighted by atomic mass is 10.2. The molecular weight excluding hydrogens is 507 g/mol. The molecule has 0 unspecified atom stereocenters. The molecule has 2 heterocycles. The summed E-state index contributed by atoms with van der Waals surface area (Å²) in [5.41, 5.74) is 4.37. The summed E-state index contributed by atoms with van der Waals surface area (Å²) in [5.74, 6) is 0.774. The summed E-state index contributed by atoms with van der Waals surface area (Å²) in [4.78, 5) is 14.0. The van der Waals surface area contributed by atoms with Crippen LogP contribution in [0, 0.1) is 6.92 Å². The molecule has 9 heteroatoms. The van der Waals surface area contributed by atoms with E-state index in [-0.39, 0.29) is 5.91 Å². The van der Waals surface area contributed by atoms with E-state index >= 15 is 0 Å². The van der Waals surface area contributed by atoms with Crippen LogP contribution in [-0.4, -0.2) is 20.9 Å². The van der Waals surface area contributed by atoms with E-state index in [1.165, 1.54) is 10.9 Å². The Balaban J connectivity index is 1.29. The number of carbonyl (C=O) groups is 1. The molecule has 0 fully saturated rings. The van der Waals surface area contributed by atoms with Gasteiger partial charge in [-0.3, -0.25) is 4.79 Å². The third-order valence-corrected chi connectivity index (χ3v) is 6.21. The summed E-state index contributed by atoms with van der Waals surface area (Å²) in [6.07, 6.45) is 2.97. The summed E-state index contributed by atoms with van der Waals surface area (Å²) < 4.78 is 5.78. The molecule has 0 aliphatic carbocycles. The molecule has 35 heavy (non-hydrogen) atoms. The summed E-state index contributed by atoms with van der Waals surface area (Å²) >= 11 is 18.4. The number of amides is 1. The van der Waals surface area contributed by atoms with Crippen molar-refractivity contribution in [1.29, 1.82) is 0 Å². The second-order valence-electron chi connectivity index (χ2n) is 7.78. The van der Waals surface area contributed by atoms with Gasteiger partial charge in [0.25, 0.3) is 0 Å². The van der Waals surface area contributed by atoms with Gasteiger partial charge in [-0.2, -0.15) is 4.80 Å². The van der Waals surface area contributed by atoms with Crippen molar-refractivity contribution in [2.45, 2.75) is 6.92 Å². The molecule has 1 N–H and O–H groups in total. The largest absolute Gasteiger partial charge is 0.457 e. The molecule has 0 saturated carbocycles. The first-order valence-corrected chi connectivity index (χ1v) is 11.7. The Kier molecular flexibility index (Phi) is 6.34. The van der Waals surface area contributed by atoms with Crippen molar-refractivity contribution in [1.82, 2.24) is 15.0 Å². The first-order valence-electron chi connectivity index (χ1n) is 10.5. The van der Waals surface area contributed by atoms with Crippen molar-refractivity contribution in [3.8, 4) is 17.0 Å². The lowest BCUT2D eigenvalue weighted by molar-refractivity contribution is -0.111. The Bertz CT molecular complexity index is 1600. The van der Waals surface area contributed by atoms with Gasteiger partial charge < -0.3 is 9.73 Å². The van der Waals surface area contributed by atoms with Crippen LogP contribution in [0.15, 0.2) is 77.2 Å². The van der Waals surface area contributed by atoms with Gasteiger partial charge in [-0.25, -0.2) is 0 Å². The van der Waals surface area contributed by atoms with Crippen LogP contribution in [0.1, 0.15) is 11.3 Å². The minimum Gasteiger partial charge on any atom is -0.457 e. The first kappa shape index (κ1) is 23.2. The maximum Gasteiger partial charge on any atom is 0.248 e. The van der Waals surface area contributed by atoms with Crippen LogP contribution in [0.2, 0.25) is 15.1 Å². The van der Waals surface area contributed by atoms with Crippen LogP contribution < -0.4 is 5.32 Å². The SMILES string of the molecule is Cc1ccc(-n2nc3ccc(NC(=O)/C=C/c4ccc(-c5ccc(Cl)cc5Cl)o4)cc3n2)cc1Cl. The minimum absolute atomic E-state index is 0.315. The average Bonchev–Trinajstić information content (AvgIpc) is 3.46. The Morgan fingerprint density at radius 3 is 2.54 bits per heavy atom. The van der Waals surface area contributed by atoms with E-state index in [9.17, 15) is 4.79 Å². The number of hydrogen-bond acceptors (Lipinski definition) is 4. The number of halogens is 3. The quantitative estimate of drug-likeness (QED) is 0.241. The monoisotopic (exact) mass is 522 g/mol. The van der Waals surface area contributed by atoms with Gasteiger partial charge >= 0.3 is 0 Å². The predicted octanol–water partition coefficient (Wildman–Crippen LogP) is 7.60. The molecule has 0 atom stereocenters. The Hall–Kier alpha value is -3.58. The highest BCUT2D eigenvalue weighted by Gasteiger charge is 2.10. The fraction of sp³-hybridized carbons (Fsp3) is 0.0385. The van der Waals surface area contributed by atoms with Crippen LogP contribution in [0.25, 0.3) is 34.1 Å². The summed E-state index contributed by atoms with van der Waals surface area (Å²) in [5, 5.41) is 13.5. The van der Waals surface area contributed by atoms with Gasteiger partial charge in [0.2, 0.25) is 5.91 Å². The van der Waals surface area contributed by atoms with E-state index in [1.54, 1.807) is 54.6 Å². The molecule has 0 aliphatic rings. The van der Waals surface area contributed by atoms with Crippen LogP contribution in [0.3, 0.4) is 0 Å². The second kappa shape index (κ2) is 9.58. The van der Waals surface area contributed by atoms with Crippen molar-refractivity contribution in [3.63, 3.8) is 0 Å². The Morgan fingerprint density at radius 1 is 0.914 bits per heavy atom. The van der Waals surface area contributed by atoms with Gasteiger partial charge in [-0.1, -0.05) is 40.9 Å². The molecular formula is C26H17Cl3N4O2. The predicted molar refractivity (Wildman–Crippen MR) is 140 cm³/mol. The van der Waals surface area contributed by atoms with E-state index in [0.29, 0.717) is 43.3 Å². The Labute approximate surface area is 215 Å². The van der Waals surface area contributed by atoms with Gasteiger partial charge in [0.1, 0.15) is 22.6 Å². The lowest BCUT2D eigenvalue weighted by Crippen LogP contribution is -2.07. The maximum absolute atomic E-state index is 12.5. The van der Waals surface area contributed by atoms with Gasteiger partial charge in [-0.15, -0.1) is 10.2 Å². The zero-order valence-corrected chi connectivity index (χ0v) is 20.6. The van der Waals surface area contributed by atoms with Crippen molar-refractivity contribution < 1.29 is 9.21 Å². The standard InChI is InChI=1S/C26H17Cl3N4O2/c1-15-2-5-18(14-21(15)28)33-31-23-9-4-17(13-24(23)32-33)30-26(34)11-7-19-6-10-25(35-19)20-8-3-16(27)12-22(20)29/h2-14H,1H3,(H,30,34)/b11-7+. The fourth-order valence-electron chi connectivity index (χ4n) is 3.43. The van der Waals surface area contributed by atoms with Crippen molar-refractivity contribution >= 4 is 63.5 Å². The Morgan fingerprint density at radius 2 is 1.74 bits per heavy atom. The number of carbonyl (C=O) groups excluding carboxylic acids is 1. The maximum atomic E-state index is 12.5. The van der Waals surface area contributed by atoms with E-state index in [4.69, 9.17) is 39.2 Å². The van der Waals surface area contributed by atoms with Gasteiger partial charge in [0.15, 0.2) is 0 Å².